The minimum Gasteiger partial charge on any atom is -0.508 e. The number of phenolic OH excluding ortho intramolecular Hbond substituents is 1. The number of nitrogens with one attached hydrogen (secondary N) is 1. The molecule has 0 aliphatic rings. The summed E-state index contributed by atoms with van der Waals surface area (Å²) in [7, 11) is 0. The summed E-state index contributed by atoms with van der Waals surface area (Å²) in [5, 5.41) is 12.4. The van der Waals surface area contributed by atoms with Gasteiger partial charge in [-0.3, -0.25) is 4.79 Å². The Kier molecular flexibility index (Phi) is 3.75. The van der Waals surface area contributed by atoms with E-state index < -0.39 is 0 Å². The van der Waals surface area contributed by atoms with Gasteiger partial charge in [-0.05, 0) is 24.3 Å². The molecule has 0 radical (unpaired) electrons. The molecule has 0 aliphatic carbocycles. The van der Waals surface area contributed by atoms with Crippen molar-refractivity contribution in [3.8, 4) is 5.75 Å². The molecule has 5 nitrogen and oxygen atoms in total. The maximum atomic E-state index is 12.0. The Balaban J connectivity index is 2.06. The van der Waals surface area contributed by atoms with Crippen molar-refractivity contribution in [1.29, 1.82) is 0 Å². The van der Waals surface area contributed by atoms with E-state index in [4.69, 9.17) is 10.2 Å². The average molecular weight is 260 g/mol. The number of aromatic hydroxyl groups is 1. The van der Waals surface area contributed by atoms with E-state index in [1.807, 2.05) is 6.92 Å². The van der Waals surface area contributed by atoms with Crippen molar-refractivity contribution in [1.82, 2.24) is 5.32 Å². The summed E-state index contributed by atoms with van der Waals surface area (Å²) in [6.45, 7) is 2.13. The fraction of sp³-hybridized carbons (Fsp3) is 0.214. The van der Waals surface area contributed by atoms with Gasteiger partial charge in [0.1, 0.15) is 11.5 Å². The van der Waals surface area contributed by atoms with Gasteiger partial charge in [-0.15, -0.1) is 0 Å². The smallest absolute Gasteiger partial charge is 0.255 e. The van der Waals surface area contributed by atoms with E-state index in [0.717, 1.165) is 0 Å². The summed E-state index contributed by atoms with van der Waals surface area (Å²) < 4.78 is 5.20. The lowest BCUT2D eigenvalue weighted by atomic mass is 10.1. The molecule has 1 heterocycles. The summed E-state index contributed by atoms with van der Waals surface area (Å²) in [5.41, 5.74) is 7.27. The normalized spacial score (nSPS) is 10.4. The van der Waals surface area contributed by atoms with Gasteiger partial charge in [0.2, 0.25) is 0 Å². The van der Waals surface area contributed by atoms with Crippen molar-refractivity contribution in [2.75, 3.05) is 5.73 Å². The van der Waals surface area contributed by atoms with E-state index in [0.29, 0.717) is 29.0 Å². The van der Waals surface area contributed by atoms with Gasteiger partial charge in [0.25, 0.3) is 5.91 Å². The van der Waals surface area contributed by atoms with E-state index in [9.17, 15) is 9.90 Å². The minimum absolute atomic E-state index is 0.109. The molecule has 1 aromatic carbocycles. The van der Waals surface area contributed by atoms with Crippen molar-refractivity contribution in [3.63, 3.8) is 0 Å². The number of benzene rings is 1. The third-order valence-electron chi connectivity index (χ3n) is 2.85. The van der Waals surface area contributed by atoms with E-state index in [-0.39, 0.29) is 18.2 Å². The van der Waals surface area contributed by atoms with Crippen LogP contribution in [0.2, 0.25) is 0 Å². The van der Waals surface area contributed by atoms with Crippen molar-refractivity contribution in [2.45, 2.75) is 19.9 Å². The van der Waals surface area contributed by atoms with E-state index in [1.54, 1.807) is 18.2 Å². The molecule has 1 amide bonds. The highest BCUT2D eigenvalue weighted by molar-refractivity contribution is 5.95. The molecular formula is C14H16N2O3. The number of amides is 1. The highest BCUT2D eigenvalue weighted by Gasteiger charge is 2.13. The standard InChI is InChI=1S/C14H16N2O3/c1-2-13-11(5-6-19-13)14(18)16-8-9-7-10(15)3-4-12(9)17/h3-7,17H,2,8,15H2,1H3,(H,16,18). The Morgan fingerprint density at radius 1 is 1.42 bits per heavy atom. The second kappa shape index (κ2) is 5.48. The van der Waals surface area contributed by atoms with Crippen LogP contribution in [-0.4, -0.2) is 11.0 Å². The van der Waals surface area contributed by atoms with Gasteiger partial charge in [0.05, 0.1) is 11.8 Å². The zero-order chi connectivity index (χ0) is 13.8. The fourth-order valence-electron chi connectivity index (χ4n) is 1.83. The lowest BCUT2D eigenvalue weighted by Crippen LogP contribution is -2.23. The van der Waals surface area contributed by atoms with Gasteiger partial charge in [0, 0.05) is 24.2 Å². The van der Waals surface area contributed by atoms with Crippen LogP contribution < -0.4 is 11.1 Å². The summed E-state index contributed by atoms with van der Waals surface area (Å²) >= 11 is 0. The van der Waals surface area contributed by atoms with Crippen LogP contribution in [0.15, 0.2) is 34.9 Å². The topological polar surface area (TPSA) is 88.5 Å². The largest absolute Gasteiger partial charge is 0.508 e. The van der Waals surface area contributed by atoms with Gasteiger partial charge in [-0.2, -0.15) is 0 Å². The predicted molar refractivity (Wildman–Crippen MR) is 71.8 cm³/mol. The third kappa shape index (κ3) is 2.88. The zero-order valence-electron chi connectivity index (χ0n) is 10.6. The average Bonchev–Trinajstić information content (AvgIpc) is 2.88. The molecule has 0 bridgehead atoms. The lowest BCUT2D eigenvalue weighted by molar-refractivity contribution is 0.0949. The number of phenols is 1. The van der Waals surface area contributed by atoms with E-state index in [2.05, 4.69) is 5.32 Å². The number of carbonyl (C=O) groups excluding carboxylic acids is 1. The quantitative estimate of drug-likeness (QED) is 0.580. The van der Waals surface area contributed by atoms with Crippen molar-refractivity contribution in [3.05, 3.63) is 47.4 Å². The van der Waals surface area contributed by atoms with Gasteiger partial charge in [-0.25, -0.2) is 0 Å². The number of nitrogen functional groups attached to an aromatic ring is 1. The molecule has 2 aromatic rings. The number of furan rings is 1. The molecule has 0 unspecified atom stereocenters. The maximum absolute atomic E-state index is 12.0. The lowest BCUT2D eigenvalue weighted by Gasteiger charge is -2.07. The molecule has 0 saturated heterocycles. The Bertz CT molecular complexity index is 590. The Morgan fingerprint density at radius 3 is 2.95 bits per heavy atom. The van der Waals surface area contributed by atoms with E-state index in [1.165, 1.54) is 12.3 Å². The number of aryl methyl sites for hydroxylation is 1. The first-order valence-corrected chi connectivity index (χ1v) is 6.03. The zero-order valence-corrected chi connectivity index (χ0v) is 10.6. The Morgan fingerprint density at radius 2 is 2.21 bits per heavy atom. The molecule has 0 atom stereocenters. The van der Waals surface area contributed by atoms with Crippen LogP contribution in [0.5, 0.6) is 5.75 Å². The second-order valence-corrected chi connectivity index (χ2v) is 4.18. The summed E-state index contributed by atoms with van der Waals surface area (Å²) in [5.74, 6) is 0.527. The van der Waals surface area contributed by atoms with Crippen molar-refractivity contribution in [2.24, 2.45) is 0 Å². The van der Waals surface area contributed by atoms with Crippen LogP contribution in [0, 0.1) is 0 Å². The van der Waals surface area contributed by atoms with Crippen LogP contribution in [0.3, 0.4) is 0 Å². The molecule has 4 N–H and O–H groups in total. The Hall–Kier alpha value is -2.43. The number of hydrogen-bond acceptors (Lipinski definition) is 4. The first-order valence-electron chi connectivity index (χ1n) is 6.03. The second-order valence-electron chi connectivity index (χ2n) is 4.18. The molecule has 0 spiro atoms. The molecule has 0 fully saturated rings. The minimum atomic E-state index is -0.229. The summed E-state index contributed by atoms with van der Waals surface area (Å²) in [6.07, 6.45) is 2.14. The highest BCUT2D eigenvalue weighted by Crippen LogP contribution is 2.19. The number of carbonyl (C=O) groups is 1. The summed E-state index contributed by atoms with van der Waals surface area (Å²) in [6, 6.07) is 6.37. The van der Waals surface area contributed by atoms with Crippen molar-refractivity contribution < 1.29 is 14.3 Å². The van der Waals surface area contributed by atoms with Crippen LogP contribution in [-0.2, 0) is 13.0 Å². The molecule has 2 rings (SSSR count). The SMILES string of the molecule is CCc1occc1C(=O)NCc1cc(N)ccc1O. The molecule has 0 saturated carbocycles. The fourth-order valence-corrected chi connectivity index (χ4v) is 1.83. The van der Waals surface area contributed by atoms with Crippen LogP contribution in [0.1, 0.15) is 28.6 Å². The van der Waals surface area contributed by atoms with Crippen molar-refractivity contribution >= 4 is 11.6 Å². The molecule has 1 aromatic heterocycles. The van der Waals surface area contributed by atoms with Crippen LogP contribution in [0.25, 0.3) is 0 Å². The molecule has 19 heavy (non-hydrogen) atoms. The van der Waals surface area contributed by atoms with Gasteiger partial charge < -0.3 is 20.6 Å². The number of nitrogens with two attached hydrogens (primary N) is 1. The molecule has 0 aliphatic heterocycles. The monoisotopic (exact) mass is 260 g/mol. The molecular weight excluding hydrogens is 244 g/mol. The highest BCUT2D eigenvalue weighted by atomic mass is 16.3. The Labute approximate surface area is 111 Å². The third-order valence-corrected chi connectivity index (χ3v) is 2.85. The summed E-state index contributed by atoms with van der Waals surface area (Å²) in [4.78, 5) is 12.0. The van der Waals surface area contributed by atoms with Gasteiger partial charge in [-0.1, -0.05) is 6.92 Å². The van der Waals surface area contributed by atoms with Gasteiger partial charge in [0.15, 0.2) is 0 Å². The maximum Gasteiger partial charge on any atom is 0.255 e. The van der Waals surface area contributed by atoms with Crippen LogP contribution >= 0.6 is 0 Å². The molecule has 100 valence electrons. The van der Waals surface area contributed by atoms with Crippen LogP contribution in [0.4, 0.5) is 5.69 Å². The number of hydrogen-bond donors (Lipinski definition) is 3. The number of anilines is 1. The van der Waals surface area contributed by atoms with Gasteiger partial charge >= 0.3 is 0 Å². The number of rotatable bonds is 4. The first kappa shape index (κ1) is 13.0. The first-order chi connectivity index (χ1) is 9.11. The molecule has 5 heteroatoms. The van der Waals surface area contributed by atoms with E-state index >= 15 is 0 Å². The predicted octanol–water partition coefficient (Wildman–Crippen LogP) is 2.06.